The molecular formula is C58H52F9N9O6. The molecule has 0 amide bonds. The number of alkyl halides is 9. The molecule has 0 bridgehead atoms. The van der Waals surface area contributed by atoms with Gasteiger partial charge in [-0.05, 0) is 138 Å². The maximum Gasteiger partial charge on any atom is 0.416 e. The van der Waals surface area contributed by atoms with Gasteiger partial charge in [-0.3, -0.25) is 0 Å². The minimum atomic E-state index is -4.83. The molecule has 3 unspecified atom stereocenters. The Morgan fingerprint density at radius 2 is 0.878 bits per heavy atom. The first-order chi connectivity index (χ1) is 38.9. The molecule has 9 atom stereocenters. The van der Waals surface area contributed by atoms with E-state index in [1.807, 2.05) is 4.90 Å². The van der Waals surface area contributed by atoms with E-state index in [2.05, 4.69) is 29.9 Å². The van der Waals surface area contributed by atoms with Crippen molar-refractivity contribution in [1.29, 1.82) is 0 Å². The van der Waals surface area contributed by atoms with E-state index >= 15 is 13.2 Å². The number of benzene rings is 3. The molecule has 6 aromatic rings. The number of rotatable bonds is 12. The number of halogens is 9. The van der Waals surface area contributed by atoms with Gasteiger partial charge in [-0.15, -0.1) is 0 Å². The third-order valence-electron chi connectivity index (χ3n) is 18.1. The molecule has 3 saturated carbocycles. The smallest absolute Gasteiger partial charge is 0.416 e. The SMILES string of the molecule is O=C(O)c1cnc(N2C[C@H]3CC(c4ccc(Cc5cnc(N6C[C@H]7CC(c8ccc(-c9cnc(N%10C[C@H]%11CC(c%12ccccc%12C(F)(F)F)C[C@H]%11C%10)nc9C(=O)O)cc8C(F)(F)F)C[C@H]7C6)nc5C(=O)O)cc4C(F)(F)F)C[C@H]3C2)nc1. The standard InChI is InChI=1S/C58H52F9N9O6/c59-56(60,61)45-4-2-1-3-41(45)30-11-36-26-76(27-37(36)12-30)55-71-21-44(49(73-55)52(81)82)29-6-8-43(47(17-29)58(65,66)67)32-15-38-24-75(25-39(38)16-32)54-70-18-33(48(72-54)51(79)80)9-28-5-7-42(46(10-28)57(62,63)64)31-13-34-22-74(23-35(34)14-31)53-68-19-40(20-69-53)50(77)78/h1-8,10,17-21,30-32,34-39H,9,11-16,22-27H2,(H,77,78)(H,79,80)(H,81,82)/t30?,31?,32?,34-,35+,36-,37+,38-,39+. The molecule has 3 aromatic heterocycles. The van der Waals surface area contributed by atoms with Crippen LogP contribution in [0.25, 0.3) is 11.1 Å². The Kier molecular flexibility index (Phi) is 13.7. The zero-order valence-electron chi connectivity index (χ0n) is 43.5. The van der Waals surface area contributed by atoms with E-state index in [1.165, 1.54) is 55.1 Å². The Morgan fingerprint density at radius 3 is 1.35 bits per heavy atom. The van der Waals surface area contributed by atoms with Crippen molar-refractivity contribution < 1.29 is 69.2 Å². The van der Waals surface area contributed by atoms with E-state index in [0.29, 0.717) is 83.7 Å². The van der Waals surface area contributed by atoms with E-state index in [-0.39, 0.29) is 110 Å². The molecule has 6 heterocycles. The van der Waals surface area contributed by atoms with Crippen molar-refractivity contribution in [2.24, 2.45) is 35.5 Å². The molecular weight excluding hydrogens is 1090 g/mol. The molecule has 3 aliphatic heterocycles. The highest BCUT2D eigenvalue weighted by Gasteiger charge is 2.48. The minimum absolute atomic E-state index is 0.00370. The van der Waals surface area contributed by atoms with Gasteiger partial charge in [0.2, 0.25) is 17.8 Å². The highest BCUT2D eigenvalue weighted by Crippen LogP contribution is 2.53. The summed E-state index contributed by atoms with van der Waals surface area (Å²) in [6, 6.07) is 13.3. The van der Waals surface area contributed by atoms with Crippen molar-refractivity contribution in [3.8, 4) is 11.1 Å². The van der Waals surface area contributed by atoms with Crippen LogP contribution in [0.3, 0.4) is 0 Å². The number of carbonyl (C=O) groups is 3. The van der Waals surface area contributed by atoms with Crippen LogP contribution in [0.15, 0.2) is 85.5 Å². The number of hydrogen-bond acceptors (Lipinski definition) is 12. The lowest BCUT2D eigenvalue weighted by Gasteiger charge is -2.23. The summed E-state index contributed by atoms with van der Waals surface area (Å²) in [5, 5.41) is 29.8. The third kappa shape index (κ3) is 10.4. The molecule has 82 heavy (non-hydrogen) atoms. The molecule has 6 aliphatic rings. The third-order valence-corrected chi connectivity index (χ3v) is 18.1. The summed E-state index contributed by atoms with van der Waals surface area (Å²) in [4.78, 5) is 67.9. The van der Waals surface area contributed by atoms with Gasteiger partial charge < -0.3 is 30.0 Å². The van der Waals surface area contributed by atoms with Crippen molar-refractivity contribution in [2.75, 3.05) is 54.0 Å². The fourth-order valence-electron chi connectivity index (χ4n) is 14.5. The van der Waals surface area contributed by atoms with Crippen LogP contribution >= 0.6 is 0 Å². The normalized spacial score (nSPS) is 25.2. The Balaban J connectivity index is 0.697. The second-order valence-electron chi connectivity index (χ2n) is 22.9. The summed E-state index contributed by atoms with van der Waals surface area (Å²) in [7, 11) is 0. The quantitative estimate of drug-likeness (QED) is 0.0977. The number of aromatic carboxylic acids is 3. The maximum atomic E-state index is 15.0. The van der Waals surface area contributed by atoms with E-state index in [0.717, 1.165) is 18.2 Å². The number of hydrogen-bond donors (Lipinski definition) is 3. The Labute approximate surface area is 462 Å². The van der Waals surface area contributed by atoms with Crippen molar-refractivity contribution in [3.05, 3.63) is 147 Å². The van der Waals surface area contributed by atoms with E-state index in [9.17, 15) is 56.0 Å². The lowest BCUT2D eigenvalue weighted by Crippen LogP contribution is -2.25. The van der Waals surface area contributed by atoms with Crippen LogP contribution in [0.2, 0.25) is 0 Å². The van der Waals surface area contributed by atoms with Crippen molar-refractivity contribution >= 4 is 35.8 Å². The van der Waals surface area contributed by atoms with Gasteiger partial charge in [0.1, 0.15) is 0 Å². The van der Waals surface area contributed by atoms with E-state index < -0.39 is 70.4 Å². The Bertz CT molecular complexity index is 3470. The predicted molar refractivity (Wildman–Crippen MR) is 277 cm³/mol. The highest BCUT2D eigenvalue weighted by atomic mass is 19.4. The molecule has 0 spiro atoms. The van der Waals surface area contributed by atoms with Crippen molar-refractivity contribution in [1.82, 2.24) is 29.9 Å². The number of carboxylic acids is 3. The van der Waals surface area contributed by atoms with Gasteiger partial charge in [-0.2, -0.15) is 39.5 Å². The summed E-state index contributed by atoms with van der Waals surface area (Å²) in [6.45, 7) is 2.39. The predicted octanol–water partition coefficient (Wildman–Crippen LogP) is 11.4. The van der Waals surface area contributed by atoms with Crippen LogP contribution in [0.1, 0.15) is 132 Å². The molecule has 3 aromatic carbocycles. The maximum absolute atomic E-state index is 15.0. The number of nitrogens with zero attached hydrogens (tertiary/aromatic N) is 9. The first-order valence-corrected chi connectivity index (χ1v) is 27.0. The number of fused-ring (bicyclic) bond motifs is 3. The fraction of sp³-hybridized carbons (Fsp3) is 0.431. The van der Waals surface area contributed by atoms with Crippen LogP contribution < -0.4 is 14.7 Å². The van der Waals surface area contributed by atoms with Gasteiger partial charge in [0.05, 0.1) is 22.3 Å². The second-order valence-corrected chi connectivity index (χ2v) is 22.9. The average Bonchev–Trinajstić information content (AvgIpc) is 4.41. The molecule has 3 N–H and O–H groups in total. The summed E-state index contributed by atoms with van der Waals surface area (Å²) >= 11 is 0. The van der Waals surface area contributed by atoms with Gasteiger partial charge in [0.15, 0.2) is 11.4 Å². The van der Waals surface area contributed by atoms with Crippen molar-refractivity contribution in [2.45, 2.75) is 81.2 Å². The van der Waals surface area contributed by atoms with Gasteiger partial charge >= 0.3 is 36.4 Å². The van der Waals surface area contributed by atoms with Crippen LogP contribution in [0.5, 0.6) is 0 Å². The number of carboxylic acid groups (broad SMARTS) is 3. The summed E-state index contributed by atoms with van der Waals surface area (Å²) < 4.78 is 131. The number of anilines is 3. The van der Waals surface area contributed by atoms with E-state index in [1.54, 1.807) is 21.9 Å². The molecule has 6 fully saturated rings. The largest absolute Gasteiger partial charge is 0.478 e. The monoisotopic (exact) mass is 1140 g/mol. The first-order valence-electron chi connectivity index (χ1n) is 27.0. The Hall–Kier alpha value is -7.92. The molecule has 12 rings (SSSR count). The van der Waals surface area contributed by atoms with Gasteiger partial charge in [-0.25, -0.2) is 44.3 Å². The van der Waals surface area contributed by atoms with Crippen molar-refractivity contribution in [3.63, 3.8) is 0 Å². The Morgan fingerprint density at radius 1 is 0.463 bits per heavy atom. The first kappa shape index (κ1) is 54.7. The lowest BCUT2D eigenvalue weighted by atomic mass is 9.88. The zero-order chi connectivity index (χ0) is 57.7. The topological polar surface area (TPSA) is 199 Å². The molecule has 428 valence electrons. The summed E-state index contributed by atoms with van der Waals surface area (Å²) in [5.74, 6) is -4.91. The summed E-state index contributed by atoms with van der Waals surface area (Å²) in [5.41, 5.74) is -2.77. The van der Waals surface area contributed by atoms with Gasteiger partial charge in [-0.1, -0.05) is 42.5 Å². The lowest BCUT2D eigenvalue weighted by molar-refractivity contribution is -0.139. The second kappa shape index (κ2) is 20.5. The van der Waals surface area contributed by atoms with Crippen LogP contribution in [0.4, 0.5) is 57.4 Å². The van der Waals surface area contributed by atoms with E-state index in [4.69, 9.17) is 0 Å². The summed E-state index contributed by atoms with van der Waals surface area (Å²) in [6.07, 6.45) is -6.68. The molecule has 24 heteroatoms. The van der Waals surface area contributed by atoms with Crippen LogP contribution in [0, 0.1) is 35.5 Å². The molecule has 3 aliphatic carbocycles. The minimum Gasteiger partial charge on any atom is -0.478 e. The molecule has 15 nitrogen and oxygen atoms in total. The average molecular weight is 1140 g/mol. The van der Waals surface area contributed by atoms with Crippen LogP contribution in [-0.4, -0.2) is 102 Å². The fourth-order valence-corrected chi connectivity index (χ4v) is 14.5. The van der Waals surface area contributed by atoms with Crippen LogP contribution in [-0.2, 0) is 24.9 Å². The number of aromatic nitrogens is 6. The van der Waals surface area contributed by atoms with Gasteiger partial charge in [0.25, 0.3) is 0 Å². The zero-order valence-corrected chi connectivity index (χ0v) is 43.5. The molecule has 0 radical (unpaired) electrons. The highest BCUT2D eigenvalue weighted by molar-refractivity contribution is 5.94. The van der Waals surface area contributed by atoms with Gasteiger partial charge in [0, 0.05) is 81.6 Å². The molecule has 3 saturated heterocycles.